The number of rotatable bonds is 6. The first-order valence-corrected chi connectivity index (χ1v) is 4.82. The monoisotopic (exact) mass is 217 g/mol. The third kappa shape index (κ3) is 7.07. The largest absolute Gasteiger partial charge is 0.478 e. The minimum atomic E-state index is -1.10. The van der Waals surface area contributed by atoms with Crippen LogP contribution >= 0.6 is 0 Å². The molecule has 0 aromatic carbocycles. The van der Waals surface area contributed by atoms with Crippen LogP contribution in [0.2, 0.25) is 0 Å². The zero-order valence-corrected chi connectivity index (χ0v) is 9.05. The molecule has 0 aliphatic rings. The van der Waals surface area contributed by atoms with Crippen LogP contribution in [0.25, 0.3) is 0 Å². The van der Waals surface area contributed by atoms with Crippen molar-refractivity contribution in [2.75, 3.05) is 0 Å². The average molecular weight is 217 g/mol. The van der Waals surface area contributed by atoms with Gasteiger partial charge in [0.05, 0.1) is 12.2 Å². The van der Waals surface area contributed by atoms with Crippen molar-refractivity contribution in [3.05, 3.63) is 12.2 Å². The summed E-state index contributed by atoms with van der Waals surface area (Å²) in [7, 11) is 0. The van der Waals surface area contributed by atoms with Crippen LogP contribution in [-0.2, 0) is 4.79 Å². The van der Waals surface area contributed by atoms with Gasteiger partial charge in [-0.1, -0.05) is 6.08 Å². The van der Waals surface area contributed by atoms with Crippen LogP contribution < -0.4 is 5.73 Å². The quantitative estimate of drug-likeness (QED) is 0.464. The first-order chi connectivity index (χ1) is 6.75. The van der Waals surface area contributed by atoms with E-state index in [0.29, 0.717) is 0 Å². The molecule has 0 amide bonds. The van der Waals surface area contributed by atoms with Crippen molar-refractivity contribution >= 4 is 5.97 Å². The van der Waals surface area contributed by atoms with Gasteiger partial charge < -0.3 is 21.1 Å². The predicted molar refractivity (Wildman–Crippen MR) is 56.3 cm³/mol. The van der Waals surface area contributed by atoms with E-state index in [0.717, 1.165) is 6.08 Å². The second-order valence-corrected chi connectivity index (χ2v) is 4.01. The molecule has 0 aromatic rings. The molecule has 0 aliphatic heterocycles. The molecule has 0 aromatic heterocycles. The summed E-state index contributed by atoms with van der Waals surface area (Å²) in [6.07, 6.45) is 1.38. The van der Waals surface area contributed by atoms with Gasteiger partial charge in [0.2, 0.25) is 0 Å². The molecule has 0 fully saturated rings. The van der Waals surface area contributed by atoms with E-state index in [-0.39, 0.29) is 12.8 Å². The highest BCUT2D eigenvalue weighted by Crippen LogP contribution is 2.18. The van der Waals surface area contributed by atoms with E-state index in [9.17, 15) is 15.0 Å². The van der Waals surface area contributed by atoms with E-state index in [1.165, 1.54) is 6.08 Å². The van der Waals surface area contributed by atoms with Crippen LogP contribution in [0.1, 0.15) is 26.7 Å². The maximum absolute atomic E-state index is 10.4. The maximum atomic E-state index is 10.4. The van der Waals surface area contributed by atoms with Crippen molar-refractivity contribution in [1.82, 2.24) is 0 Å². The van der Waals surface area contributed by atoms with E-state index in [2.05, 4.69) is 0 Å². The molecular weight excluding hydrogens is 198 g/mol. The van der Waals surface area contributed by atoms with Crippen molar-refractivity contribution in [2.45, 2.75) is 44.4 Å². The number of aliphatic hydroxyl groups excluding tert-OH is 2. The lowest BCUT2D eigenvalue weighted by Crippen LogP contribution is -2.43. The summed E-state index contributed by atoms with van der Waals surface area (Å²) in [5.41, 5.74) is 4.89. The fourth-order valence-electron chi connectivity index (χ4n) is 1.56. The second-order valence-electron chi connectivity index (χ2n) is 4.01. The normalized spacial score (nSPS) is 19.8. The zero-order valence-electron chi connectivity index (χ0n) is 9.05. The number of carbonyl (C=O) groups is 1. The molecule has 0 saturated heterocycles. The van der Waals surface area contributed by atoms with Crippen LogP contribution in [0.5, 0.6) is 0 Å². The lowest BCUT2D eigenvalue weighted by atomic mass is 9.87. The molecule has 88 valence electrons. The predicted octanol–water partition coefficient (Wildman–Crippen LogP) is -0.134. The Labute approximate surface area is 89.2 Å². The van der Waals surface area contributed by atoms with Crippen molar-refractivity contribution in [2.24, 2.45) is 5.73 Å². The van der Waals surface area contributed by atoms with Gasteiger partial charge in [0.1, 0.15) is 0 Å². The second kappa shape index (κ2) is 5.85. The number of hydrogen-bond acceptors (Lipinski definition) is 4. The summed E-state index contributed by atoms with van der Waals surface area (Å²) >= 11 is 0. The molecular formula is C10H19NO4. The highest BCUT2D eigenvalue weighted by Gasteiger charge is 2.25. The van der Waals surface area contributed by atoms with Crippen LogP contribution in [0.15, 0.2) is 12.2 Å². The van der Waals surface area contributed by atoms with Crippen molar-refractivity contribution in [1.29, 1.82) is 0 Å². The number of carboxylic acids is 1. The molecule has 0 rings (SSSR count). The SMILES string of the molecule is CC(O)CC(N)(C=CC(=O)O)CC(C)O. The lowest BCUT2D eigenvalue weighted by molar-refractivity contribution is -0.131. The number of nitrogens with two attached hydrogens (primary N) is 1. The van der Waals surface area contributed by atoms with E-state index >= 15 is 0 Å². The van der Waals surface area contributed by atoms with Crippen LogP contribution in [0.4, 0.5) is 0 Å². The summed E-state index contributed by atoms with van der Waals surface area (Å²) in [6, 6.07) is 0. The van der Waals surface area contributed by atoms with E-state index in [1.807, 2.05) is 0 Å². The summed E-state index contributed by atoms with van der Waals surface area (Å²) in [5, 5.41) is 26.9. The highest BCUT2D eigenvalue weighted by atomic mass is 16.4. The third-order valence-corrected chi connectivity index (χ3v) is 1.91. The van der Waals surface area contributed by atoms with Gasteiger partial charge in [-0.15, -0.1) is 0 Å². The number of aliphatic hydroxyl groups is 2. The minimum Gasteiger partial charge on any atom is -0.478 e. The number of hydrogen-bond donors (Lipinski definition) is 4. The highest BCUT2D eigenvalue weighted by molar-refractivity contribution is 5.80. The van der Waals surface area contributed by atoms with Crippen LogP contribution in [-0.4, -0.2) is 39.0 Å². The van der Waals surface area contributed by atoms with E-state index in [4.69, 9.17) is 10.8 Å². The Bertz CT molecular complexity index is 226. The number of aliphatic carboxylic acids is 1. The lowest BCUT2D eigenvalue weighted by Gasteiger charge is -2.28. The Kier molecular flexibility index (Phi) is 5.49. The summed E-state index contributed by atoms with van der Waals surface area (Å²) < 4.78 is 0. The summed E-state index contributed by atoms with van der Waals surface area (Å²) in [4.78, 5) is 10.4. The van der Waals surface area contributed by atoms with Crippen molar-refractivity contribution in [3.63, 3.8) is 0 Å². The van der Waals surface area contributed by atoms with Gasteiger partial charge in [-0.2, -0.15) is 0 Å². The smallest absolute Gasteiger partial charge is 0.328 e. The van der Waals surface area contributed by atoms with Gasteiger partial charge in [0.15, 0.2) is 0 Å². The Morgan fingerprint density at radius 1 is 1.33 bits per heavy atom. The molecule has 2 atom stereocenters. The molecule has 0 bridgehead atoms. The van der Waals surface area contributed by atoms with Gasteiger partial charge in [0.25, 0.3) is 0 Å². The minimum absolute atomic E-state index is 0.210. The Morgan fingerprint density at radius 3 is 2.00 bits per heavy atom. The molecule has 0 saturated carbocycles. The molecule has 5 nitrogen and oxygen atoms in total. The zero-order chi connectivity index (χ0) is 12.1. The molecule has 2 unspecified atom stereocenters. The molecule has 0 aliphatic carbocycles. The topological polar surface area (TPSA) is 104 Å². The van der Waals surface area contributed by atoms with Crippen LogP contribution in [0, 0.1) is 0 Å². The molecule has 5 N–H and O–H groups in total. The van der Waals surface area contributed by atoms with E-state index < -0.39 is 23.7 Å². The maximum Gasteiger partial charge on any atom is 0.328 e. The molecule has 5 heteroatoms. The van der Waals surface area contributed by atoms with Crippen LogP contribution in [0.3, 0.4) is 0 Å². The Morgan fingerprint density at radius 2 is 1.73 bits per heavy atom. The van der Waals surface area contributed by atoms with Crippen molar-refractivity contribution in [3.8, 4) is 0 Å². The van der Waals surface area contributed by atoms with Gasteiger partial charge in [-0.3, -0.25) is 0 Å². The van der Waals surface area contributed by atoms with Gasteiger partial charge >= 0.3 is 5.97 Å². The number of carboxylic acid groups (broad SMARTS) is 1. The fourth-order valence-corrected chi connectivity index (χ4v) is 1.56. The molecule has 0 radical (unpaired) electrons. The van der Waals surface area contributed by atoms with Crippen molar-refractivity contribution < 1.29 is 20.1 Å². The Balaban J connectivity index is 4.61. The average Bonchev–Trinajstić information content (AvgIpc) is 1.97. The standard InChI is InChI=1S/C10H19NO4/c1-7(12)5-10(11,6-8(2)13)4-3-9(14)15/h3-4,7-8,12-13H,5-6,11H2,1-2H3,(H,14,15). The summed E-state index contributed by atoms with van der Waals surface area (Å²) in [6.45, 7) is 3.14. The molecule has 0 spiro atoms. The first kappa shape index (κ1) is 14.1. The molecule has 15 heavy (non-hydrogen) atoms. The van der Waals surface area contributed by atoms with Gasteiger partial charge in [0, 0.05) is 11.6 Å². The fraction of sp³-hybridized carbons (Fsp3) is 0.700. The molecule has 0 heterocycles. The van der Waals surface area contributed by atoms with E-state index in [1.54, 1.807) is 13.8 Å². The summed E-state index contributed by atoms with van der Waals surface area (Å²) in [5.74, 6) is -1.10. The van der Waals surface area contributed by atoms with Gasteiger partial charge in [-0.25, -0.2) is 4.79 Å². The Hall–Kier alpha value is -0.910. The third-order valence-electron chi connectivity index (χ3n) is 1.91. The van der Waals surface area contributed by atoms with Gasteiger partial charge in [-0.05, 0) is 26.7 Å². The first-order valence-electron chi connectivity index (χ1n) is 4.82.